The SMILES string of the molecule is CC(NCCN(C)C(C)C1CC1)c1ccco1. The van der Waals surface area contributed by atoms with Crippen LogP contribution in [0.1, 0.15) is 38.5 Å². The van der Waals surface area contributed by atoms with Crippen molar-refractivity contribution in [3.63, 3.8) is 0 Å². The zero-order valence-corrected chi connectivity index (χ0v) is 11.1. The normalized spacial score (nSPS) is 19.5. The van der Waals surface area contributed by atoms with Crippen molar-refractivity contribution in [3.8, 4) is 0 Å². The third-order valence-corrected chi connectivity index (χ3v) is 3.88. The van der Waals surface area contributed by atoms with Gasteiger partial charge in [-0.15, -0.1) is 0 Å². The van der Waals surface area contributed by atoms with Crippen LogP contribution < -0.4 is 5.32 Å². The van der Waals surface area contributed by atoms with Gasteiger partial charge in [0.25, 0.3) is 0 Å². The van der Waals surface area contributed by atoms with Gasteiger partial charge in [-0.3, -0.25) is 0 Å². The average molecular weight is 236 g/mol. The second-order valence-corrected chi connectivity index (χ2v) is 5.25. The summed E-state index contributed by atoms with van der Waals surface area (Å²) >= 11 is 0. The molecule has 2 rings (SSSR count). The van der Waals surface area contributed by atoms with Crippen LogP contribution in [0.25, 0.3) is 0 Å². The number of hydrogen-bond acceptors (Lipinski definition) is 3. The molecule has 1 aromatic heterocycles. The number of rotatable bonds is 7. The molecule has 0 radical (unpaired) electrons. The van der Waals surface area contributed by atoms with Crippen molar-refractivity contribution in [1.29, 1.82) is 0 Å². The van der Waals surface area contributed by atoms with Crippen molar-refractivity contribution in [2.75, 3.05) is 20.1 Å². The third kappa shape index (κ3) is 3.58. The highest BCUT2D eigenvalue weighted by Gasteiger charge is 2.30. The summed E-state index contributed by atoms with van der Waals surface area (Å²) in [5.41, 5.74) is 0. The second kappa shape index (κ2) is 5.69. The summed E-state index contributed by atoms with van der Waals surface area (Å²) in [4.78, 5) is 2.46. The van der Waals surface area contributed by atoms with Crippen molar-refractivity contribution in [1.82, 2.24) is 10.2 Å². The van der Waals surface area contributed by atoms with E-state index in [1.807, 2.05) is 12.1 Å². The van der Waals surface area contributed by atoms with Crippen LogP contribution in [0.15, 0.2) is 22.8 Å². The zero-order valence-electron chi connectivity index (χ0n) is 11.1. The number of likely N-dealkylation sites (N-methyl/N-ethyl adjacent to an activating group) is 1. The van der Waals surface area contributed by atoms with E-state index in [4.69, 9.17) is 4.42 Å². The van der Waals surface area contributed by atoms with Crippen LogP contribution in [-0.2, 0) is 0 Å². The molecule has 3 nitrogen and oxygen atoms in total. The lowest BCUT2D eigenvalue weighted by molar-refractivity contribution is 0.231. The molecule has 1 saturated carbocycles. The summed E-state index contributed by atoms with van der Waals surface area (Å²) in [6.45, 7) is 6.59. The van der Waals surface area contributed by atoms with Crippen molar-refractivity contribution in [3.05, 3.63) is 24.2 Å². The zero-order chi connectivity index (χ0) is 12.3. The topological polar surface area (TPSA) is 28.4 Å². The van der Waals surface area contributed by atoms with E-state index in [0.717, 1.165) is 30.8 Å². The minimum atomic E-state index is 0.301. The van der Waals surface area contributed by atoms with Gasteiger partial charge in [0.1, 0.15) is 5.76 Å². The molecule has 0 spiro atoms. The van der Waals surface area contributed by atoms with Crippen LogP contribution in [0.2, 0.25) is 0 Å². The Morgan fingerprint density at radius 3 is 2.82 bits per heavy atom. The number of nitrogens with zero attached hydrogens (tertiary/aromatic N) is 1. The lowest BCUT2D eigenvalue weighted by Crippen LogP contribution is -2.37. The molecule has 1 N–H and O–H groups in total. The van der Waals surface area contributed by atoms with E-state index in [-0.39, 0.29) is 0 Å². The highest BCUT2D eigenvalue weighted by Crippen LogP contribution is 2.34. The first-order chi connectivity index (χ1) is 8.18. The predicted octanol–water partition coefficient (Wildman–Crippen LogP) is 2.66. The minimum absolute atomic E-state index is 0.301. The van der Waals surface area contributed by atoms with Gasteiger partial charge in [0.15, 0.2) is 0 Å². The van der Waals surface area contributed by atoms with Crippen LogP contribution in [0.5, 0.6) is 0 Å². The Hall–Kier alpha value is -0.800. The molecule has 1 aromatic rings. The fraction of sp³-hybridized carbons (Fsp3) is 0.714. The third-order valence-electron chi connectivity index (χ3n) is 3.88. The molecule has 0 aliphatic heterocycles. The van der Waals surface area contributed by atoms with E-state index in [1.54, 1.807) is 6.26 Å². The van der Waals surface area contributed by atoms with Crippen LogP contribution in [0.4, 0.5) is 0 Å². The first-order valence-corrected chi connectivity index (χ1v) is 6.65. The molecule has 17 heavy (non-hydrogen) atoms. The largest absolute Gasteiger partial charge is 0.468 e. The summed E-state index contributed by atoms with van der Waals surface area (Å²) in [5.74, 6) is 1.96. The molecule has 1 aliphatic rings. The summed E-state index contributed by atoms with van der Waals surface area (Å²) in [6, 6.07) is 4.99. The first kappa shape index (κ1) is 12.7. The van der Waals surface area contributed by atoms with Crippen LogP contribution in [0, 0.1) is 5.92 Å². The molecule has 1 fully saturated rings. The van der Waals surface area contributed by atoms with E-state index in [0.29, 0.717) is 6.04 Å². The first-order valence-electron chi connectivity index (χ1n) is 6.65. The maximum Gasteiger partial charge on any atom is 0.120 e. The maximum atomic E-state index is 5.37. The molecular formula is C14H24N2O. The molecule has 3 heteroatoms. The van der Waals surface area contributed by atoms with Crippen molar-refractivity contribution < 1.29 is 4.42 Å². The fourth-order valence-corrected chi connectivity index (χ4v) is 2.24. The Bertz CT molecular complexity index is 319. The molecule has 0 aromatic carbocycles. The van der Waals surface area contributed by atoms with Gasteiger partial charge in [-0.25, -0.2) is 0 Å². The predicted molar refractivity (Wildman–Crippen MR) is 69.9 cm³/mol. The second-order valence-electron chi connectivity index (χ2n) is 5.25. The molecule has 96 valence electrons. The van der Waals surface area contributed by atoms with E-state index in [9.17, 15) is 0 Å². The molecule has 2 unspecified atom stereocenters. The van der Waals surface area contributed by atoms with Crippen molar-refractivity contribution in [2.45, 2.75) is 38.8 Å². The molecule has 1 aliphatic carbocycles. The summed E-state index contributed by atoms with van der Waals surface area (Å²) < 4.78 is 5.37. The fourth-order valence-electron chi connectivity index (χ4n) is 2.24. The highest BCUT2D eigenvalue weighted by molar-refractivity contribution is 5.02. The molecule has 0 bridgehead atoms. The smallest absolute Gasteiger partial charge is 0.120 e. The molecule has 2 atom stereocenters. The van der Waals surface area contributed by atoms with E-state index < -0.39 is 0 Å². The molecule has 0 saturated heterocycles. The summed E-state index contributed by atoms with van der Waals surface area (Å²) in [6.07, 6.45) is 4.57. The van der Waals surface area contributed by atoms with Crippen LogP contribution in [-0.4, -0.2) is 31.1 Å². The maximum absolute atomic E-state index is 5.37. The number of hydrogen-bond donors (Lipinski definition) is 1. The summed E-state index contributed by atoms with van der Waals surface area (Å²) in [5, 5.41) is 3.49. The van der Waals surface area contributed by atoms with Gasteiger partial charge >= 0.3 is 0 Å². The van der Waals surface area contributed by atoms with Crippen molar-refractivity contribution in [2.24, 2.45) is 5.92 Å². The highest BCUT2D eigenvalue weighted by atomic mass is 16.3. The van der Waals surface area contributed by atoms with Gasteiger partial charge in [-0.05, 0) is 51.8 Å². The van der Waals surface area contributed by atoms with Gasteiger partial charge < -0.3 is 14.6 Å². The Balaban J connectivity index is 1.65. The Morgan fingerprint density at radius 2 is 2.24 bits per heavy atom. The van der Waals surface area contributed by atoms with E-state index in [1.165, 1.54) is 12.8 Å². The minimum Gasteiger partial charge on any atom is -0.468 e. The van der Waals surface area contributed by atoms with Gasteiger partial charge in [-0.1, -0.05) is 0 Å². The Kier molecular flexibility index (Phi) is 4.24. The van der Waals surface area contributed by atoms with Crippen molar-refractivity contribution >= 4 is 0 Å². The molecular weight excluding hydrogens is 212 g/mol. The van der Waals surface area contributed by atoms with Gasteiger partial charge in [0.05, 0.1) is 12.3 Å². The van der Waals surface area contributed by atoms with Gasteiger partial charge in [-0.2, -0.15) is 0 Å². The van der Waals surface area contributed by atoms with Gasteiger partial charge in [0, 0.05) is 19.1 Å². The van der Waals surface area contributed by atoms with E-state index in [2.05, 4.69) is 31.1 Å². The number of nitrogens with one attached hydrogen (secondary N) is 1. The molecule has 1 heterocycles. The van der Waals surface area contributed by atoms with Crippen LogP contribution >= 0.6 is 0 Å². The lowest BCUT2D eigenvalue weighted by Gasteiger charge is -2.25. The summed E-state index contributed by atoms with van der Waals surface area (Å²) in [7, 11) is 2.22. The lowest BCUT2D eigenvalue weighted by atomic mass is 10.2. The van der Waals surface area contributed by atoms with Gasteiger partial charge in [0.2, 0.25) is 0 Å². The average Bonchev–Trinajstić information content (AvgIpc) is 3.02. The monoisotopic (exact) mass is 236 g/mol. The Labute approximate surface area is 104 Å². The number of furan rings is 1. The quantitative estimate of drug-likeness (QED) is 0.789. The van der Waals surface area contributed by atoms with E-state index >= 15 is 0 Å². The standard InChI is InChI=1S/C14H24N2O/c1-11(14-5-4-10-17-14)15-8-9-16(3)12(2)13-6-7-13/h4-5,10-13,15H,6-9H2,1-3H3. The molecule has 0 amide bonds. The van der Waals surface area contributed by atoms with Crippen LogP contribution in [0.3, 0.4) is 0 Å². The Morgan fingerprint density at radius 1 is 1.47 bits per heavy atom.